The Labute approximate surface area is 124 Å². The van der Waals surface area contributed by atoms with Gasteiger partial charge in [0.25, 0.3) is 0 Å². The first-order chi connectivity index (χ1) is 10.4. The standard InChI is InChI=1S/C15H15F3N2O2/c16-15(17,18)14-9-20(5-6-22-14)8-10-7-13(21)11-3-1-2-4-12(11)19-10/h1-4,7,14H,5-6,8-9H2,(H,19,21)/t14-/m1/s1. The fourth-order valence-corrected chi connectivity index (χ4v) is 2.62. The maximum atomic E-state index is 12.7. The molecule has 22 heavy (non-hydrogen) atoms. The lowest BCUT2D eigenvalue weighted by atomic mass is 10.2. The predicted molar refractivity (Wildman–Crippen MR) is 75.6 cm³/mol. The Balaban J connectivity index is 1.80. The summed E-state index contributed by atoms with van der Waals surface area (Å²) in [5, 5.41) is 0.571. The molecule has 2 aromatic rings. The van der Waals surface area contributed by atoms with Crippen molar-refractivity contribution in [3.05, 3.63) is 46.2 Å². The number of morpholine rings is 1. The zero-order valence-electron chi connectivity index (χ0n) is 11.7. The van der Waals surface area contributed by atoms with Crippen molar-refractivity contribution in [2.45, 2.75) is 18.8 Å². The molecule has 0 bridgehead atoms. The lowest BCUT2D eigenvalue weighted by Crippen LogP contribution is -2.48. The zero-order chi connectivity index (χ0) is 15.7. The molecule has 1 aromatic heterocycles. The van der Waals surface area contributed by atoms with Gasteiger partial charge in [-0.2, -0.15) is 13.2 Å². The summed E-state index contributed by atoms with van der Waals surface area (Å²) in [5.41, 5.74) is 1.15. The minimum atomic E-state index is -4.37. The molecule has 1 aromatic carbocycles. The van der Waals surface area contributed by atoms with Crippen molar-refractivity contribution in [2.75, 3.05) is 19.7 Å². The number of fused-ring (bicyclic) bond motifs is 1. The number of benzene rings is 1. The number of rotatable bonds is 2. The lowest BCUT2D eigenvalue weighted by Gasteiger charge is -2.33. The van der Waals surface area contributed by atoms with Crippen LogP contribution in [0, 0.1) is 0 Å². The van der Waals surface area contributed by atoms with Gasteiger partial charge >= 0.3 is 6.18 Å². The molecule has 118 valence electrons. The third kappa shape index (κ3) is 3.15. The van der Waals surface area contributed by atoms with Crippen LogP contribution in [0.5, 0.6) is 0 Å². The average molecular weight is 312 g/mol. The van der Waals surface area contributed by atoms with E-state index in [-0.39, 0.29) is 25.1 Å². The van der Waals surface area contributed by atoms with Crippen molar-refractivity contribution < 1.29 is 17.9 Å². The average Bonchev–Trinajstić information content (AvgIpc) is 2.47. The van der Waals surface area contributed by atoms with Crippen LogP contribution in [-0.4, -0.2) is 41.9 Å². The van der Waals surface area contributed by atoms with Crippen LogP contribution in [0.3, 0.4) is 0 Å². The number of pyridine rings is 1. The minimum absolute atomic E-state index is 0.0298. The van der Waals surface area contributed by atoms with E-state index in [9.17, 15) is 18.0 Å². The number of H-pyrrole nitrogens is 1. The molecular weight excluding hydrogens is 297 g/mol. The van der Waals surface area contributed by atoms with Crippen LogP contribution in [0.15, 0.2) is 35.1 Å². The molecule has 1 N–H and O–H groups in total. The summed E-state index contributed by atoms with van der Waals surface area (Å²) in [6.07, 6.45) is -6.14. The van der Waals surface area contributed by atoms with Gasteiger partial charge in [0.05, 0.1) is 6.61 Å². The number of nitrogens with zero attached hydrogens (tertiary/aromatic N) is 1. The second-order valence-corrected chi connectivity index (χ2v) is 5.34. The quantitative estimate of drug-likeness (QED) is 0.925. The van der Waals surface area contributed by atoms with Crippen LogP contribution in [0.25, 0.3) is 10.9 Å². The number of ether oxygens (including phenoxy) is 1. The number of nitrogens with one attached hydrogen (secondary N) is 1. The van der Waals surface area contributed by atoms with Gasteiger partial charge in [0.1, 0.15) is 0 Å². The van der Waals surface area contributed by atoms with E-state index in [2.05, 4.69) is 4.98 Å². The zero-order valence-corrected chi connectivity index (χ0v) is 11.7. The van der Waals surface area contributed by atoms with Gasteiger partial charge in [0.2, 0.25) is 0 Å². The van der Waals surface area contributed by atoms with Gasteiger partial charge in [-0.3, -0.25) is 9.69 Å². The Hall–Kier alpha value is -1.86. The SMILES string of the molecule is O=c1cc(CN2CCO[C@@H](C(F)(F)F)C2)[nH]c2ccccc12. The number of alkyl halides is 3. The van der Waals surface area contributed by atoms with Crippen molar-refractivity contribution in [3.8, 4) is 0 Å². The molecule has 1 aliphatic rings. The van der Waals surface area contributed by atoms with Gasteiger partial charge in [-0.25, -0.2) is 0 Å². The molecule has 7 heteroatoms. The van der Waals surface area contributed by atoms with E-state index >= 15 is 0 Å². The highest BCUT2D eigenvalue weighted by Crippen LogP contribution is 2.26. The van der Waals surface area contributed by atoms with E-state index < -0.39 is 12.3 Å². The molecule has 0 amide bonds. The van der Waals surface area contributed by atoms with Crippen LogP contribution >= 0.6 is 0 Å². The Morgan fingerprint density at radius 1 is 1.32 bits per heavy atom. The summed E-state index contributed by atoms with van der Waals surface area (Å²) in [6, 6.07) is 8.51. The molecule has 0 unspecified atom stereocenters. The topological polar surface area (TPSA) is 45.3 Å². The van der Waals surface area contributed by atoms with Gasteiger partial charge in [-0.15, -0.1) is 0 Å². The molecule has 2 heterocycles. The van der Waals surface area contributed by atoms with Gasteiger partial charge < -0.3 is 9.72 Å². The lowest BCUT2D eigenvalue weighted by molar-refractivity contribution is -0.237. The molecule has 0 spiro atoms. The molecule has 4 nitrogen and oxygen atoms in total. The summed E-state index contributed by atoms with van der Waals surface area (Å²) < 4.78 is 42.9. The maximum absolute atomic E-state index is 12.7. The Bertz CT molecular complexity index is 727. The van der Waals surface area contributed by atoms with Gasteiger partial charge in [0, 0.05) is 42.3 Å². The second kappa shape index (κ2) is 5.73. The Kier molecular flexibility index (Phi) is 3.92. The number of hydrogen-bond acceptors (Lipinski definition) is 3. The van der Waals surface area contributed by atoms with Gasteiger partial charge in [-0.05, 0) is 12.1 Å². The minimum Gasteiger partial charge on any atom is -0.366 e. The molecule has 1 aliphatic heterocycles. The second-order valence-electron chi connectivity index (χ2n) is 5.34. The van der Waals surface area contributed by atoms with Crippen molar-refractivity contribution in [3.63, 3.8) is 0 Å². The molecule has 3 rings (SSSR count). The summed E-state index contributed by atoms with van der Waals surface area (Å²) in [6.45, 7) is 0.470. The van der Waals surface area contributed by atoms with Crippen LogP contribution in [0.1, 0.15) is 5.69 Å². The summed E-state index contributed by atoms with van der Waals surface area (Å²) in [5.74, 6) is 0. The molecule has 0 saturated carbocycles. The van der Waals surface area contributed by atoms with Crippen molar-refractivity contribution in [1.29, 1.82) is 0 Å². The molecular formula is C15H15F3N2O2. The van der Waals surface area contributed by atoms with Crippen LogP contribution in [0.4, 0.5) is 13.2 Å². The number of aromatic amines is 1. The maximum Gasteiger partial charge on any atom is 0.415 e. The summed E-state index contributed by atoms with van der Waals surface area (Å²) in [7, 11) is 0. The first kappa shape index (κ1) is 15.1. The summed E-state index contributed by atoms with van der Waals surface area (Å²) >= 11 is 0. The van der Waals surface area contributed by atoms with E-state index in [4.69, 9.17) is 4.74 Å². The largest absolute Gasteiger partial charge is 0.415 e. The molecule has 1 fully saturated rings. The predicted octanol–water partition coefficient (Wildman–Crippen LogP) is 2.29. The number of halogens is 3. The van der Waals surface area contributed by atoms with Crippen LogP contribution in [0.2, 0.25) is 0 Å². The monoisotopic (exact) mass is 312 g/mol. The van der Waals surface area contributed by atoms with Crippen LogP contribution < -0.4 is 5.43 Å². The number of para-hydroxylation sites is 1. The molecule has 0 radical (unpaired) electrons. The molecule has 1 saturated heterocycles. The highest BCUT2D eigenvalue weighted by atomic mass is 19.4. The van der Waals surface area contributed by atoms with E-state index in [0.29, 0.717) is 23.1 Å². The fourth-order valence-electron chi connectivity index (χ4n) is 2.62. The van der Waals surface area contributed by atoms with Crippen molar-refractivity contribution in [2.24, 2.45) is 0 Å². The number of hydrogen-bond donors (Lipinski definition) is 1. The van der Waals surface area contributed by atoms with E-state index in [1.807, 2.05) is 0 Å². The van der Waals surface area contributed by atoms with Crippen molar-refractivity contribution in [1.82, 2.24) is 9.88 Å². The highest BCUT2D eigenvalue weighted by molar-refractivity contribution is 5.78. The van der Waals surface area contributed by atoms with E-state index in [0.717, 1.165) is 0 Å². The Morgan fingerprint density at radius 2 is 2.09 bits per heavy atom. The molecule has 1 atom stereocenters. The first-order valence-corrected chi connectivity index (χ1v) is 6.95. The third-order valence-corrected chi connectivity index (χ3v) is 3.70. The fraction of sp³-hybridized carbons (Fsp3) is 0.400. The highest BCUT2D eigenvalue weighted by Gasteiger charge is 2.43. The smallest absolute Gasteiger partial charge is 0.366 e. The van der Waals surface area contributed by atoms with Crippen LogP contribution in [-0.2, 0) is 11.3 Å². The third-order valence-electron chi connectivity index (χ3n) is 3.70. The van der Waals surface area contributed by atoms with E-state index in [1.165, 1.54) is 6.07 Å². The number of aromatic nitrogens is 1. The van der Waals surface area contributed by atoms with E-state index in [1.54, 1.807) is 29.2 Å². The normalized spacial score (nSPS) is 20.4. The van der Waals surface area contributed by atoms with Gasteiger partial charge in [0.15, 0.2) is 11.5 Å². The Morgan fingerprint density at radius 3 is 2.86 bits per heavy atom. The van der Waals surface area contributed by atoms with Crippen molar-refractivity contribution >= 4 is 10.9 Å². The van der Waals surface area contributed by atoms with Gasteiger partial charge in [-0.1, -0.05) is 12.1 Å². The first-order valence-electron chi connectivity index (χ1n) is 6.95. The summed E-state index contributed by atoms with van der Waals surface area (Å²) in [4.78, 5) is 16.8. The molecule has 0 aliphatic carbocycles.